The van der Waals surface area contributed by atoms with Crippen LogP contribution >= 0.6 is 0 Å². The van der Waals surface area contributed by atoms with Gasteiger partial charge >= 0.3 is 0 Å². The van der Waals surface area contributed by atoms with Gasteiger partial charge in [-0.1, -0.05) is 25.7 Å². The number of nitrogens with two attached hydrogens (primary N) is 1. The highest BCUT2D eigenvalue weighted by Gasteiger charge is 2.12. The molecular formula is C18H31N5O. The van der Waals surface area contributed by atoms with Gasteiger partial charge in [-0.2, -0.15) is 0 Å². The summed E-state index contributed by atoms with van der Waals surface area (Å²) in [6.45, 7) is 2.03. The third kappa shape index (κ3) is 7.17. The van der Waals surface area contributed by atoms with E-state index in [1.807, 2.05) is 26.2 Å². The van der Waals surface area contributed by atoms with E-state index in [0.29, 0.717) is 31.0 Å². The Labute approximate surface area is 145 Å². The first-order valence-corrected chi connectivity index (χ1v) is 8.92. The summed E-state index contributed by atoms with van der Waals surface area (Å²) in [6, 6.07) is 4.35. The molecule has 0 atom stereocenters. The van der Waals surface area contributed by atoms with Gasteiger partial charge < -0.3 is 20.7 Å². The molecule has 1 aliphatic rings. The number of nitrogens with one attached hydrogen (secondary N) is 1. The molecule has 1 aliphatic carbocycles. The van der Waals surface area contributed by atoms with E-state index in [1.165, 1.54) is 38.5 Å². The third-order valence-corrected chi connectivity index (χ3v) is 4.23. The molecule has 0 spiro atoms. The van der Waals surface area contributed by atoms with Crippen molar-refractivity contribution in [1.82, 2.24) is 15.2 Å². The zero-order valence-corrected chi connectivity index (χ0v) is 15.0. The summed E-state index contributed by atoms with van der Waals surface area (Å²) >= 11 is 0. The molecule has 1 heterocycles. The van der Waals surface area contributed by atoms with Crippen LogP contribution in [0.25, 0.3) is 0 Å². The number of pyridine rings is 1. The molecule has 0 bridgehead atoms. The van der Waals surface area contributed by atoms with E-state index in [2.05, 4.69) is 20.2 Å². The molecule has 24 heavy (non-hydrogen) atoms. The number of rotatable bonds is 7. The summed E-state index contributed by atoms with van der Waals surface area (Å²) in [7, 11) is 4.04. The molecule has 1 aromatic heterocycles. The van der Waals surface area contributed by atoms with Crippen LogP contribution in [-0.4, -0.2) is 49.1 Å². The quantitative estimate of drug-likeness (QED) is 0.454. The van der Waals surface area contributed by atoms with Crippen molar-refractivity contribution in [3.05, 3.63) is 23.9 Å². The zero-order valence-electron chi connectivity index (χ0n) is 15.0. The van der Waals surface area contributed by atoms with Crippen LogP contribution in [0.1, 0.15) is 44.1 Å². The molecule has 0 aromatic carbocycles. The SMILES string of the molecule is CN(C)CCOc1cc(CN=C(N)NC2CCCCCC2)ccn1. The van der Waals surface area contributed by atoms with Crippen molar-refractivity contribution in [2.45, 2.75) is 51.1 Å². The second kappa shape index (κ2) is 10.1. The Morgan fingerprint density at radius 1 is 1.33 bits per heavy atom. The van der Waals surface area contributed by atoms with E-state index in [-0.39, 0.29) is 0 Å². The summed E-state index contributed by atoms with van der Waals surface area (Å²) in [4.78, 5) is 10.8. The maximum absolute atomic E-state index is 6.04. The molecule has 6 heteroatoms. The van der Waals surface area contributed by atoms with Crippen LogP contribution in [0.2, 0.25) is 0 Å². The fourth-order valence-electron chi connectivity index (χ4n) is 2.82. The highest BCUT2D eigenvalue weighted by molar-refractivity contribution is 5.78. The largest absolute Gasteiger partial charge is 0.476 e. The van der Waals surface area contributed by atoms with Crippen LogP contribution in [0.5, 0.6) is 5.88 Å². The predicted octanol–water partition coefficient (Wildman–Crippen LogP) is 2.15. The smallest absolute Gasteiger partial charge is 0.213 e. The Bertz CT molecular complexity index is 510. The van der Waals surface area contributed by atoms with Crippen LogP contribution in [-0.2, 0) is 6.54 Å². The van der Waals surface area contributed by atoms with Gasteiger partial charge in [0.05, 0.1) is 6.54 Å². The normalized spacial score (nSPS) is 16.9. The average Bonchev–Trinajstić information content (AvgIpc) is 2.82. The molecule has 0 aliphatic heterocycles. The van der Waals surface area contributed by atoms with Gasteiger partial charge in [0.25, 0.3) is 0 Å². The lowest BCUT2D eigenvalue weighted by Gasteiger charge is -2.16. The maximum Gasteiger partial charge on any atom is 0.213 e. The van der Waals surface area contributed by atoms with E-state index in [0.717, 1.165) is 12.1 Å². The summed E-state index contributed by atoms with van der Waals surface area (Å²) in [5.41, 5.74) is 7.09. The van der Waals surface area contributed by atoms with E-state index in [9.17, 15) is 0 Å². The van der Waals surface area contributed by atoms with Crippen LogP contribution < -0.4 is 15.8 Å². The van der Waals surface area contributed by atoms with Crippen molar-refractivity contribution < 1.29 is 4.74 Å². The van der Waals surface area contributed by atoms with Gasteiger partial charge in [0.15, 0.2) is 5.96 Å². The molecule has 1 saturated carbocycles. The van der Waals surface area contributed by atoms with Gasteiger partial charge in [-0.3, -0.25) is 0 Å². The molecule has 134 valence electrons. The molecule has 1 aromatic rings. The van der Waals surface area contributed by atoms with Crippen LogP contribution in [0.15, 0.2) is 23.3 Å². The van der Waals surface area contributed by atoms with Crippen LogP contribution in [0, 0.1) is 0 Å². The fourth-order valence-corrected chi connectivity index (χ4v) is 2.82. The highest BCUT2D eigenvalue weighted by atomic mass is 16.5. The lowest BCUT2D eigenvalue weighted by molar-refractivity contribution is 0.253. The second-order valence-corrected chi connectivity index (χ2v) is 6.69. The average molecular weight is 333 g/mol. The molecule has 0 radical (unpaired) electrons. The number of ether oxygens (including phenoxy) is 1. The van der Waals surface area contributed by atoms with Gasteiger partial charge in [-0.15, -0.1) is 0 Å². The predicted molar refractivity (Wildman–Crippen MR) is 98.2 cm³/mol. The first-order chi connectivity index (χ1) is 11.6. The van der Waals surface area contributed by atoms with Gasteiger partial charge in [-0.05, 0) is 38.6 Å². The molecule has 0 unspecified atom stereocenters. The van der Waals surface area contributed by atoms with Crippen molar-refractivity contribution >= 4 is 5.96 Å². The summed E-state index contributed by atoms with van der Waals surface area (Å²) in [6.07, 6.45) is 9.37. The minimum absolute atomic E-state index is 0.471. The Morgan fingerprint density at radius 2 is 2.08 bits per heavy atom. The van der Waals surface area contributed by atoms with Crippen molar-refractivity contribution in [2.75, 3.05) is 27.2 Å². The van der Waals surface area contributed by atoms with E-state index in [1.54, 1.807) is 6.20 Å². The second-order valence-electron chi connectivity index (χ2n) is 6.69. The molecule has 2 rings (SSSR count). The molecule has 0 amide bonds. The lowest BCUT2D eigenvalue weighted by atomic mass is 10.1. The van der Waals surface area contributed by atoms with Crippen LogP contribution in [0.3, 0.4) is 0 Å². The molecule has 6 nitrogen and oxygen atoms in total. The number of likely N-dealkylation sites (N-methyl/N-ethyl adjacent to an activating group) is 1. The van der Waals surface area contributed by atoms with Gasteiger partial charge in [0.1, 0.15) is 6.61 Å². The topological polar surface area (TPSA) is 75.8 Å². The van der Waals surface area contributed by atoms with Gasteiger partial charge in [-0.25, -0.2) is 9.98 Å². The van der Waals surface area contributed by atoms with Crippen molar-refractivity contribution in [1.29, 1.82) is 0 Å². The standard InChI is InChI=1S/C18H31N5O/c1-23(2)11-12-24-17-13-15(9-10-20-17)14-21-18(19)22-16-7-5-3-4-6-8-16/h9-10,13,16H,3-8,11-12,14H2,1-2H3,(H3,19,21,22). The molecule has 3 N–H and O–H groups in total. The number of aromatic nitrogens is 1. The van der Waals surface area contributed by atoms with E-state index in [4.69, 9.17) is 10.5 Å². The Balaban J connectivity index is 1.81. The number of aliphatic imine (C=N–C) groups is 1. The molecule has 1 fully saturated rings. The zero-order chi connectivity index (χ0) is 17.2. The fraction of sp³-hybridized carbons (Fsp3) is 0.667. The summed E-state index contributed by atoms with van der Waals surface area (Å²) in [5.74, 6) is 1.17. The summed E-state index contributed by atoms with van der Waals surface area (Å²) < 4.78 is 5.65. The number of hydrogen-bond acceptors (Lipinski definition) is 4. The van der Waals surface area contributed by atoms with E-state index >= 15 is 0 Å². The first-order valence-electron chi connectivity index (χ1n) is 8.92. The minimum atomic E-state index is 0.471. The Kier molecular flexibility index (Phi) is 7.82. The number of nitrogens with zero attached hydrogens (tertiary/aromatic N) is 3. The minimum Gasteiger partial charge on any atom is -0.476 e. The summed E-state index contributed by atoms with van der Waals surface area (Å²) in [5, 5.41) is 3.37. The highest BCUT2D eigenvalue weighted by Crippen LogP contribution is 2.17. The van der Waals surface area contributed by atoms with Gasteiger partial charge in [0.2, 0.25) is 5.88 Å². The van der Waals surface area contributed by atoms with Crippen LogP contribution in [0.4, 0.5) is 0 Å². The van der Waals surface area contributed by atoms with Crippen molar-refractivity contribution in [3.63, 3.8) is 0 Å². The number of hydrogen-bond donors (Lipinski definition) is 2. The third-order valence-electron chi connectivity index (χ3n) is 4.23. The lowest BCUT2D eigenvalue weighted by Crippen LogP contribution is -2.39. The maximum atomic E-state index is 6.04. The monoisotopic (exact) mass is 333 g/mol. The Hall–Kier alpha value is -1.82. The molecular weight excluding hydrogens is 302 g/mol. The Morgan fingerprint density at radius 3 is 2.79 bits per heavy atom. The van der Waals surface area contributed by atoms with E-state index < -0.39 is 0 Å². The van der Waals surface area contributed by atoms with Crippen molar-refractivity contribution in [3.8, 4) is 5.88 Å². The van der Waals surface area contributed by atoms with Crippen molar-refractivity contribution in [2.24, 2.45) is 10.7 Å². The van der Waals surface area contributed by atoms with Gasteiger partial charge in [0, 0.05) is 24.8 Å². The number of guanidine groups is 1. The molecule has 0 saturated heterocycles. The first kappa shape index (κ1) is 18.5.